The van der Waals surface area contributed by atoms with E-state index in [9.17, 15) is 18.0 Å². The van der Waals surface area contributed by atoms with Gasteiger partial charge in [-0.1, -0.05) is 47.5 Å². The largest absolute Gasteiger partial charge is 0.497 e. The van der Waals surface area contributed by atoms with Crippen LogP contribution < -0.4 is 14.4 Å². The predicted octanol–water partition coefficient (Wildman–Crippen LogP) is 3.56. The first kappa shape index (κ1) is 27.7. The zero-order valence-electron chi connectivity index (χ0n) is 20.0. The van der Waals surface area contributed by atoms with Gasteiger partial charge in [-0.05, 0) is 49.2 Å². The number of nitrogens with zero attached hydrogens (tertiary/aromatic N) is 2. The highest BCUT2D eigenvalue weighted by Gasteiger charge is 2.30. The van der Waals surface area contributed by atoms with E-state index in [1.807, 2.05) is 13.0 Å². The van der Waals surface area contributed by atoms with Gasteiger partial charge in [0.25, 0.3) is 0 Å². The summed E-state index contributed by atoms with van der Waals surface area (Å²) in [4.78, 5) is 27.7. The van der Waals surface area contributed by atoms with Crippen LogP contribution in [0.3, 0.4) is 0 Å². The lowest BCUT2D eigenvalue weighted by molar-refractivity contribution is -0.139. The third-order valence-corrected chi connectivity index (χ3v) is 6.89. The average Bonchev–Trinajstić information content (AvgIpc) is 2.79. The summed E-state index contributed by atoms with van der Waals surface area (Å²) >= 11 is 3.34. The van der Waals surface area contributed by atoms with Crippen molar-refractivity contribution in [2.24, 2.45) is 0 Å². The van der Waals surface area contributed by atoms with Crippen LogP contribution in [-0.2, 0) is 26.2 Å². The number of benzene rings is 2. The molecule has 0 aromatic heterocycles. The maximum absolute atomic E-state index is 13.5. The van der Waals surface area contributed by atoms with E-state index in [1.165, 1.54) is 4.90 Å². The molecule has 0 aliphatic carbocycles. The molecule has 2 aromatic carbocycles. The number of amides is 2. The monoisotopic (exact) mass is 553 g/mol. The van der Waals surface area contributed by atoms with Crippen molar-refractivity contribution in [2.45, 2.75) is 39.3 Å². The molecule has 1 atom stereocenters. The standard InChI is InChI=1S/C24H32BrN3O5S/c1-5-6-13-26-24(30)18(2)27(16-19-9-7-12-22(14-19)33-3)23(29)17-28(34(4,31)32)21-11-8-10-20(25)15-21/h7-12,14-15,18H,5-6,13,16-17H2,1-4H3,(H,26,30)/t18-/m1/s1. The van der Waals surface area contributed by atoms with Crippen LogP contribution in [0.2, 0.25) is 0 Å². The highest BCUT2D eigenvalue weighted by molar-refractivity contribution is 9.10. The van der Waals surface area contributed by atoms with E-state index < -0.39 is 28.5 Å². The number of anilines is 1. The summed E-state index contributed by atoms with van der Waals surface area (Å²) in [5.74, 6) is -0.165. The second-order valence-corrected chi connectivity index (χ2v) is 10.8. The van der Waals surface area contributed by atoms with E-state index in [0.717, 1.165) is 29.0 Å². The number of carbonyl (C=O) groups excluding carboxylic acids is 2. The smallest absolute Gasteiger partial charge is 0.244 e. The Morgan fingerprint density at radius 2 is 1.85 bits per heavy atom. The predicted molar refractivity (Wildman–Crippen MR) is 137 cm³/mol. The molecule has 0 aliphatic rings. The van der Waals surface area contributed by atoms with Gasteiger partial charge in [0.1, 0.15) is 18.3 Å². The van der Waals surface area contributed by atoms with Crippen LogP contribution >= 0.6 is 15.9 Å². The number of sulfonamides is 1. The van der Waals surface area contributed by atoms with Gasteiger partial charge in [-0.2, -0.15) is 0 Å². The van der Waals surface area contributed by atoms with Gasteiger partial charge in [0, 0.05) is 17.6 Å². The molecule has 0 unspecified atom stereocenters. The first-order valence-corrected chi connectivity index (χ1v) is 13.6. The quantitative estimate of drug-likeness (QED) is 0.405. The number of halogens is 1. The Morgan fingerprint density at radius 3 is 2.47 bits per heavy atom. The summed E-state index contributed by atoms with van der Waals surface area (Å²) in [6.45, 7) is 3.86. The van der Waals surface area contributed by atoms with E-state index in [-0.39, 0.29) is 12.5 Å². The van der Waals surface area contributed by atoms with E-state index in [2.05, 4.69) is 21.2 Å². The summed E-state index contributed by atoms with van der Waals surface area (Å²) in [5.41, 5.74) is 1.11. The zero-order chi connectivity index (χ0) is 25.3. The van der Waals surface area contributed by atoms with E-state index in [4.69, 9.17) is 4.74 Å². The van der Waals surface area contributed by atoms with Gasteiger partial charge in [0.2, 0.25) is 21.8 Å². The minimum atomic E-state index is -3.77. The maximum atomic E-state index is 13.5. The minimum Gasteiger partial charge on any atom is -0.497 e. The average molecular weight is 555 g/mol. The second kappa shape index (κ2) is 12.8. The van der Waals surface area contributed by atoms with Gasteiger partial charge in [-0.3, -0.25) is 13.9 Å². The molecular weight excluding hydrogens is 522 g/mol. The van der Waals surface area contributed by atoms with Crippen molar-refractivity contribution in [3.05, 3.63) is 58.6 Å². The molecule has 2 aromatic rings. The fraction of sp³-hybridized carbons (Fsp3) is 0.417. The summed E-state index contributed by atoms with van der Waals surface area (Å²) in [5, 5.41) is 2.85. The van der Waals surface area contributed by atoms with Crippen LogP contribution in [-0.4, -0.2) is 57.6 Å². The number of rotatable bonds is 12. The van der Waals surface area contributed by atoms with Gasteiger partial charge in [-0.15, -0.1) is 0 Å². The van der Waals surface area contributed by atoms with Crippen molar-refractivity contribution in [2.75, 3.05) is 30.8 Å². The van der Waals surface area contributed by atoms with Crippen molar-refractivity contribution in [1.82, 2.24) is 10.2 Å². The first-order valence-electron chi connectivity index (χ1n) is 11.0. The van der Waals surface area contributed by atoms with Crippen molar-refractivity contribution in [3.63, 3.8) is 0 Å². The third kappa shape index (κ3) is 8.02. The highest BCUT2D eigenvalue weighted by atomic mass is 79.9. The van der Waals surface area contributed by atoms with E-state index >= 15 is 0 Å². The van der Waals surface area contributed by atoms with Gasteiger partial charge in [-0.25, -0.2) is 8.42 Å². The maximum Gasteiger partial charge on any atom is 0.244 e. The number of ether oxygens (including phenoxy) is 1. The number of carbonyl (C=O) groups is 2. The molecule has 10 heteroatoms. The van der Waals surface area contributed by atoms with Crippen molar-refractivity contribution in [1.29, 1.82) is 0 Å². The van der Waals surface area contributed by atoms with Gasteiger partial charge in [0.15, 0.2) is 0 Å². The molecule has 0 radical (unpaired) electrons. The lowest BCUT2D eigenvalue weighted by Crippen LogP contribution is -2.51. The van der Waals surface area contributed by atoms with Gasteiger partial charge >= 0.3 is 0 Å². The first-order chi connectivity index (χ1) is 16.1. The molecule has 186 valence electrons. The van der Waals surface area contributed by atoms with E-state index in [0.29, 0.717) is 22.5 Å². The summed E-state index contributed by atoms with van der Waals surface area (Å²) in [6.07, 6.45) is 2.80. The minimum absolute atomic E-state index is 0.120. The number of methoxy groups -OCH3 is 1. The molecular formula is C24H32BrN3O5S. The Labute approximate surface area is 210 Å². The molecule has 2 rings (SSSR count). The molecule has 8 nitrogen and oxygen atoms in total. The highest BCUT2D eigenvalue weighted by Crippen LogP contribution is 2.23. The van der Waals surface area contributed by atoms with Crippen LogP contribution in [0, 0.1) is 0 Å². The Hall–Kier alpha value is -2.59. The molecule has 0 aliphatic heterocycles. The van der Waals surface area contributed by atoms with Crippen LogP contribution in [0.1, 0.15) is 32.3 Å². The van der Waals surface area contributed by atoms with Crippen molar-refractivity contribution in [3.8, 4) is 5.75 Å². The summed E-state index contributed by atoms with van der Waals surface area (Å²) in [7, 11) is -2.22. The molecule has 0 fully saturated rings. The normalized spacial score (nSPS) is 12.0. The molecule has 1 N–H and O–H groups in total. The topological polar surface area (TPSA) is 96.0 Å². The SMILES string of the molecule is CCCCNC(=O)[C@@H](C)N(Cc1cccc(OC)c1)C(=O)CN(c1cccc(Br)c1)S(C)(=O)=O. The molecule has 2 amide bonds. The van der Waals surface area contributed by atoms with Crippen LogP contribution in [0.25, 0.3) is 0 Å². The van der Waals surface area contributed by atoms with Crippen LogP contribution in [0.15, 0.2) is 53.0 Å². The zero-order valence-corrected chi connectivity index (χ0v) is 22.4. The lowest BCUT2D eigenvalue weighted by atomic mass is 10.1. The third-order valence-electron chi connectivity index (χ3n) is 5.26. The molecule has 34 heavy (non-hydrogen) atoms. The Bertz CT molecular complexity index is 1090. The van der Waals surface area contributed by atoms with Crippen molar-refractivity contribution >= 4 is 43.5 Å². The molecule has 0 bridgehead atoms. The molecule has 0 heterocycles. The van der Waals surface area contributed by atoms with Gasteiger partial charge in [0.05, 0.1) is 19.1 Å². The fourth-order valence-corrected chi connectivity index (χ4v) is 4.56. The summed E-state index contributed by atoms with van der Waals surface area (Å²) in [6, 6.07) is 13.1. The second-order valence-electron chi connectivity index (χ2n) is 7.94. The van der Waals surface area contributed by atoms with E-state index in [1.54, 1.807) is 56.5 Å². The number of nitrogens with one attached hydrogen (secondary N) is 1. The molecule has 0 spiro atoms. The Balaban J connectivity index is 2.36. The molecule has 0 saturated heterocycles. The van der Waals surface area contributed by atoms with Crippen LogP contribution in [0.5, 0.6) is 5.75 Å². The van der Waals surface area contributed by atoms with Gasteiger partial charge < -0.3 is 15.0 Å². The Morgan fingerprint density at radius 1 is 1.15 bits per heavy atom. The number of hydrogen-bond donors (Lipinski definition) is 1. The summed E-state index contributed by atoms with van der Waals surface area (Å²) < 4.78 is 32.1. The molecule has 0 saturated carbocycles. The van der Waals surface area contributed by atoms with Crippen molar-refractivity contribution < 1.29 is 22.7 Å². The Kier molecular flexibility index (Phi) is 10.4. The number of unbranched alkanes of at least 4 members (excludes halogenated alkanes) is 1. The van der Waals surface area contributed by atoms with Crippen LogP contribution in [0.4, 0.5) is 5.69 Å². The fourth-order valence-electron chi connectivity index (χ4n) is 3.33. The lowest BCUT2D eigenvalue weighted by Gasteiger charge is -2.31. The number of hydrogen-bond acceptors (Lipinski definition) is 5.